The second-order valence-corrected chi connectivity index (χ2v) is 8.58. The Morgan fingerprint density at radius 3 is 2.11 bits per heavy atom. The molecular weight excluding hydrogens is 462 g/mol. The van der Waals surface area contributed by atoms with Crippen molar-refractivity contribution < 1.29 is 29.0 Å². The number of rotatable bonds is 6. The standard InChI is InChI=1S/C27H23N3O6/c31-24(32)14-30-23(25(33)29-22-12-6-5-11-20(22)26(30)34)13-28-27(35)36-15-21-18-9-3-1-7-16(18)17-8-2-4-10-19(17)21/h1-12,21,23H,13-15H2,(H,28,35)(H,29,33)(H,31,32)/t23-/m0/s1. The number of amides is 3. The fourth-order valence-corrected chi connectivity index (χ4v) is 4.79. The summed E-state index contributed by atoms with van der Waals surface area (Å²) < 4.78 is 5.50. The van der Waals surface area contributed by atoms with Crippen LogP contribution in [-0.4, -0.2) is 59.6 Å². The first-order valence-electron chi connectivity index (χ1n) is 11.5. The highest BCUT2D eigenvalue weighted by Gasteiger charge is 2.37. The molecule has 1 heterocycles. The van der Waals surface area contributed by atoms with Crippen LogP contribution in [0.3, 0.4) is 0 Å². The van der Waals surface area contributed by atoms with Crippen LogP contribution in [0.15, 0.2) is 72.8 Å². The van der Waals surface area contributed by atoms with E-state index in [1.807, 2.05) is 48.5 Å². The highest BCUT2D eigenvalue weighted by molar-refractivity contribution is 6.10. The molecule has 3 N–H and O–H groups in total. The van der Waals surface area contributed by atoms with E-state index in [-0.39, 0.29) is 30.3 Å². The molecule has 3 amide bonds. The molecule has 1 atom stereocenters. The molecule has 0 radical (unpaired) electrons. The van der Waals surface area contributed by atoms with E-state index in [4.69, 9.17) is 4.74 Å². The molecule has 1 aliphatic heterocycles. The Labute approximate surface area is 206 Å². The minimum atomic E-state index is -1.28. The summed E-state index contributed by atoms with van der Waals surface area (Å²) >= 11 is 0. The van der Waals surface area contributed by atoms with E-state index in [0.29, 0.717) is 0 Å². The van der Waals surface area contributed by atoms with Gasteiger partial charge in [0.2, 0.25) is 5.91 Å². The van der Waals surface area contributed by atoms with E-state index in [0.717, 1.165) is 27.2 Å². The predicted molar refractivity (Wildman–Crippen MR) is 131 cm³/mol. The molecule has 3 aromatic rings. The van der Waals surface area contributed by atoms with Crippen LogP contribution in [0.5, 0.6) is 0 Å². The van der Waals surface area contributed by atoms with Gasteiger partial charge in [-0.2, -0.15) is 0 Å². The summed E-state index contributed by atoms with van der Waals surface area (Å²) in [5.74, 6) is -2.63. The molecule has 0 spiro atoms. The molecule has 1 aliphatic carbocycles. The number of hydrogen-bond acceptors (Lipinski definition) is 5. The number of carbonyl (C=O) groups is 4. The SMILES string of the molecule is O=C(O)CN1C(=O)c2ccccc2NC(=O)[C@@H]1CNC(=O)OCC1c2ccccc2-c2ccccc21. The summed E-state index contributed by atoms with van der Waals surface area (Å²) in [4.78, 5) is 50.9. The third kappa shape index (κ3) is 4.26. The number of carboxylic acid groups (broad SMARTS) is 1. The van der Waals surface area contributed by atoms with Crippen LogP contribution in [0.1, 0.15) is 27.4 Å². The summed E-state index contributed by atoms with van der Waals surface area (Å²) in [7, 11) is 0. The number of benzene rings is 3. The summed E-state index contributed by atoms with van der Waals surface area (Å²) in [5.41, 5.74) is 4.78. The minimum absolute atomic E-state index is 0.0833. The Morgan fingerprint density at radius 1 is 0.889 bits per heavy atom. The number of carbonyl (C=O) groups excluding carboxylic acids is 3. The summed E-state index contributed by atoms with van der Waals surface area (Å²) in [6, 6.07) is 21.0. The van der Waals surface area contributed by atoms with E-state index < -0.39 is 36.5 Å². The number of anilines is 1. The van der Waals surface area contributed by atoms with Crippen molar-refractivity contribution in [3.8, 4) is 11.1 Å². The monoisotopic (exact) mass is 485 g/mol. The number of para-hydroxylation sites is 1. The van der Waals surface area contributed by atoms with Gasteiger partial charge in [-0.25, -0.2) is 4.79 Å². The third-order valence-electron chi connectivity index (χ3n) is 6.44. The Balaban J connectivity index is 1.28. The molecule has 182 valence electrons. The summed E-state index contributed by atoms with van der Waals surface area (Å²) in [6.45, 7) is -0.924. The number of alkyl carbamates (subject to hydrolysis) is 1. The van der Waals surface area contributed by atoms with E-state index in [2.05, 4.69) is 10.6 Å². The maximum atomic E-state index is 13.0. The molecular formula is C27H23N3O6. The van der Waals surface area contributed by atoms with Gasteiger partial charge in [0.1, 0.15) is 19.2 Å². The number of nitrogens with zero attached hydrogens (tertiary/aromatic N) is 1. The van der Waals surface area contributed by atoms with Crippen molar-refractivity contribution in [2.24, 2.45) is 0 Å². The first kappa shape index (κ1) is 23.1. The number of carboxylic acids is 1. The highest BCUT2D eigenvalue weighted by Crippen LogP contribution is 2.44. The molecule has 0 unspecified atom stereocenters. The van der Waals surface area contributed by atoms with Crippen molar-refractivity contribution in [2.75, 3.05) is 25.0 Å². The lowest BCUT2D eigenvalue weighted by atomic mass is 9.98. The lowest BCUT2D eigenvalue weighted by Crippen LogP contribution is -2.53. The van der Waals surface area contributed by atoms with Gasteiger partial charge in [-0.15, -0.1) is 0 Å². The van der Waals surface area contributed by atoms with Crippen molar-refractivity contribution in [1.29, 1.82) is 0 Å². The second kappa shape index (κ2) is 9.53. The summed E-state index contributed by atoms with van der Waals surface area (Å²) in [5, 5.41) is 14.5. The molecule has 3 aromatic carbocycles. The molecule has 9 heteroatoms. The van der Waals surface area contributed by atoms with Crippen LogP contribution in [-0.2, 0) is 14.3 Å². The van der Waals surface area contributed by atoms with Gasteiger partial charge in [-0.1, -0.05) is 60.7 Å². The number of fused-ring (bicyclic) bond motifs is 4. The number of nitrogens with one attached hydrogen (secondary N) is 2. The van der Waals surface area contributed by atoms with Crippen molar-refractivity contribution in [3.63, 3.8) is 0 Å². The maximum Gasteiger partial charge on any atom is 0.407 e. The normalized spacial score (nSPS) is 16.3. The lowest BCUT2D eigenvalue weighted by molar-refractivity contribution is -0.138. The minimum Gasteiger partial charge on any atom is -0.480 e. The predicted octanol–water partition coefficient (Wildman–Crippen LogP) is 3.07. The van der Waals surface area contributed by atoms with Crippen LogP contribution < -0.4 is 10.6 Å². The Morgan fingerprint density at radius 2 is 1.47 bits per heavy atom. The Bertz CT molecular complexity index is 1330. The van der Waals surface area contributed by atoms with Crippen LogP contribution in [0.2, 0.25) is 0 Å². The smallest absolute Gasteiger partial charge is 0.407 e. The molecule has 0 saturated heterocycles. The average molecular weight is 485 g/mol. The van der Waals surface area contributed by atoms with E-state index in [1.54, 1.807) is 18.2 Å². The van der Waals surface area contributed by atoms with E-state index in [1.165, 1.54) is 6.07 Å². The fourth-order valence-electron chi connectivity index (χ4n) is 4.79. The number of hydrogen-bond donors (Lipinski definition) is 3. The Hall–Kier alpha value is -4.66. The molecule has 2 aliphatic rings. The van der Waals surface area contributed by atoms with Gasteiger partial charge in [0.15, 0.2) is 0 Å². The second-order valence-electron chi connectivity index (χ2n) is 8.58. The zero-order valence-electron chi connectivity index (χ0n) is 19.1. The fraction of sp³-hybridized carbons (Fsp3) is 0.185. The molecule has 0 saturated carbocycles. The van der Waals surface area contributed by atoms with Gasteiger partial charge < -0.3 is 25.4 Å². The van der Waals surface area contributed by atoms with Crippen molar-refractivity contribution in [3.05, 3.63) is 89.5 Å². The van der Waals surface area contributed by atoms with Gasteiger partial charge in [0.05, 0.1) is 17.8 Å². The first-order valence-corrected chi connectivity index (χ1v) is 11.5. The number of ether oxygens (including phenoxy) is 1. The van der Waals surface area contributed by atoms with Gasteiger partial charge in [-0.3, -0.25) is 14.4 Å². The zero-order chi connectivity index (χ0) is 25.2. The molecule has 0 fully saturated rings. The molecule has 0 aromatic heterocycles. The molecule has 36 heavy (non-hydrogen) atoms. The quantitative estimate of drug-likeness (QED) is 0.493. The zero-order valence-corrected chi connectivity index (χ0v) is 19.1. The van der Waals surface area contributed by atoms with Gasteiger partial charge >= 0.3 is 12.1 Å². The molecule has 5 rings (SSSR count). The highest BCUT2D eigenvalue weighted by atomic mass is 16.5. The van der Waals surface area contributed by atoms with Crippen LogP contribution in [0.4, 0.5) is 10.5 Å². The number of aliphatic carboxylic acids is 1. The van der Waals surface area contributed by atoms with Crippen LogP contribution >= 0.6 is 0 Å². The van der Waals surface area contributed by atoms with Gasteiger partial charge in [0, 0.05) is 5.92 Å². The third-order valence-corrected chi connectivity index (χ3v) is 6.44. The average Bonchev–Trinajstić information content (AvgIpc) is 3.15. The van der Waals surface area contributed by atoms with Crippen molar-refractivity contribution >= 4 is 29.6 Å². The Kier molecular flexibility index (Phi) is 6.12. The van der Waals surface area contributed by atoms with E-state index in [9.17, 15) is 24.3 Å². The van der Waals surface area contributed by atoms with Crippen LogP contribution in [0.25, 0.3) is 11.1 Å². The van der Waals surface area contributed by atoms with E-state index >= 15 is 0 Å². The molecule has 9 nitrogen and oxygen atoms in total. The molecule has 0 bridgehead atoms. The van der Waals surface area contributed by atoms with Gasteiger partial charge in [0.25, 0.3) is 5.91 Å². The summed E-state index contributed by atoms with van der Waals surface area (Å²) in [6.07, 6.45) is -0.769. The van der Waals surface area contributed by atoms with Crippen molar-refractivity contribution in [1.82, 2.24) is 10.2 Å². The lowest BCUT2D eigenvalue weighted by Gasteiger charge is -2.27. The van der Waals surface area contributed by atoms with Gasteiger partial charge in [-0.05, 0) is 34.4 Å². The topological polar surface area (TPSA) is 125 Å². The maximum absolute atomic E-state index is 13.0. The first-order chi connectivity index (χ1) is 17.4. The largest absolute Gasteiger partial charge is 0.480 e. The van der Waals surface area contributed by atoms with Crippen LogP contribution in [0, 0.1) is 0 Å². The van der Waals surface area contributed by atoms with Crippen molar-refractivity contribution in [2.45, 2.75) is 12.0 Å².